The number of aromatic hydroxyl groups is 1. The number of carbonyl (C=O) groups is 3. The molecule has 2 amide bonds. The molecular formula is C33H35N3O4. The van der Waals surface area contributed by atoms with Gasteiger partial charge in [0.25, 0.3) is 11.8 Å². The van der Waals surface area contributed by atoms with E-state index >= 15 is 0 Å². The first-order chi connectivity index (χ1) is 19.4. The SMILES string of the molecule is CCCCN(CCCC)C(=O)/C(CC(=O)c1cccc2ccccc12)=N\NC(=O)c1cc2ccccc2cc1O. The number of nitrogens with zero attached hydrogens (tertiary/aromatic N) is 2. The standard InChI is InChI=1S/C33H35N3O4/c1-3-5-18-36(19-6-4-2)33(40)29(22-31(38)27-17-11-15-23-12-9-10-16-26(23)27)34-35-32(39)28-20-24-13-7-8-14-25(24)21-30(28)37/h7-17,20-21,37H,3-6,18-19,22H2,1-2H3,(H,35,39)/b34-29-. The average Bonchev–Trinajstić information content (AvgIpc) is 2.98. The summed E-state index contributed by atoms with van der Waals surface area (Å²) in [5.41, 5.74) is 2.92. The zero-order chi connectivity index (χ0) is 28.5. The molecule has 4 rings (SSSR count). The minimum Gasteiger partial charge on any atom is -0.507 e. The second-order valence-electron chi connectivity index (χ2n) is 9.84. The zero-order valence-corrected chi connectivity index (χ0v) is 23.0. The number of fused-ring (bicyclic) bond motifs is 2. The molecule has 4 aromatic rings. The van der Waals surface area contributed by atoms with Gasteiger partial charge in [0.2, 0.25) is 0 Å². The molecular weight excluding hydrogens is 502 g/mol. The van der Waals surface area contributed by atoms with E-state index in [9.17, 15) is 19.5 Å². The van der Waals surface area contributed by atoms with E-state index in [4.69, 9.17) is 0 Å². The molecule has 0 radical (unpaired) electrons. The van der Waals surface area contributed by atoms with Gasteiger partial charge in [-0.15, -0.1) is 0 Å². The van der Waals surface area contributed by atoms with Gasteiger partial charge in [-0.25, -0.2) is 5.43 Å². The van der Waals surface area contributed by atoms with Crippen molar-refractivity contribution in [3.63, 3.8) is 0 Å². The predicted molar refractivity (Wildman–Crippen MR) is 160 cm³/mol. The van der Waals surface area contributed by atoms with Crippen molar-refractivity contribution in [2.24, 2.45) is 5.10 Å². The highest BCUT2D eigenvalue weighted by Gasteiger charge is 2.24. The van der Waals surface area contributed by atoms with E-state index in [1.54, 1.807) is 17.0 Å². The molecule has 0 unspecified atom stereocenters. The summed E-state index contributed by atoms with van der Waals surface area (Å²) >= 11 is 0. The fraction of sp³-hybridized carbons (Fsp3) is 0.273. The molecule has 2 N–H and O–H groups in total. The van der Waals surface area contributed by atoms with Crippen molar-refractivity contribution in [1.82, 2.24) is 10.3 Å². The van der Waals surface area contributed by atoms with Gasteiger partial charge in [-0.1, -0.05) is 93.4 Å². The Morgan fingerprint density at radius 2 is 1.38 bits per heavy atom. The summed E-state index contributed by atoms with van der Waals surface area (Å²) in [5.74, 6) is -1.50. The van der Waals surface area contributed by atoms with E-state index in [0.717, 1.165) is 47.2 Å². The van der Waals surface area contributed by atoms with Crippen LogP contribution >= 0.6 is 0 Å². The number of ketones is 1. The van der Waals surface area contributed by atoms with Crippen molar-refractivity contribution in [2.45, 2.75) is 46.0 Å². The predicted octanol–water partition coefficient (Wildman–Crippen LogP) is 6.49. The minimum atomic E-state index is -0.667. The highest BCUT2D eigenvalue weighted by atomic mass is 16.3. The lowest BCUT2D eigenvalue weighted by Gasteiger charge is -2.23. The van der Waals surface area contributed by atoms with Crippen LogP contribution in [0.4, 0.5) is 0 Å². The molecule has 0 aliphatic carbocycles. The number of amides is 2. The molecule has 0 saturated heterocycles. The van der Waals surface area contributed by atoms with Crippen molar-refractivity contribution in [3.05, 3.63) is 90.0 Å². The molecule has 0 atom stereocenters. The molecule has 7 nitrogen and oxygen atoms in total. The monoisotopic (exact) mass is 537 g/mol. The molecule has 4 aromatic carbocycles. The van der Waals surface area contributed by atoms with E-state index in [-0.39, 0.29) is 35.1 Å². The molecule has 0 bridgehead atoms. The Labute approximate surface area is 234 Å². The van der Waals surface area contributed by atoms with Crippen LogP contribution in [0.3, 0.4) is 0 Å². The van der Waals surface area contributed by atoms with Crippen molar-refractivity contribution >= 4 is 44.9 Å². The number of rotatable bonds is 12. The summed E-state index contributed by atoms with van der Waals surface area (Å²) in [6, 6.07) is 23.5. The van der Waals surface area contributed by atoms with Crippen molar-refractivity contribution in [3.8, 4) is 5.75 Å². The van der Waals surface area contributed by atoms with Gasteiger partial charge in [-0.2, -0.15) is 5.10 Å². The number of hydrazone groups is 1. The molecule has 0 spiro atoms. The van der Waals surface area contributed by atoms with Crippen LogP contribution in [0.25, 0.3) is 21.5 Å². The number of phenols is 1. The number of carbonyl (C=O) groups excluding carboxylic acids is 3. The van der Waals surface area contributed by atoms with Gasteiger partial charge in [0.1, 0.15) is 11.5 Å². The first kappa shape index (κ1) is 28.5. The Bertz CT molecular complexity index is 1550. The number of Topliss-reactive ketones (excluding diaryl/α,β-unsaturated/α-hetero) is 1. The number of benzene rings is 4. The Morgan fingerprint density at radius 3 is 2.05 bits per heavy atom. The number of phenolic OH excluding ortho intramolecular Hbond substituents is 1. The summed E-state index contributed by atoms with van der Waals surface area (Å²) in [7, 11) is 0. The highest BCUT2D eigenvalue weighted by molar-refractivity contribution is 6.43. The van der Waals surface area contributed by atoms with Gasteiger partial charge in [-0.05, 0) is 46.5 Å². The van der Waals surface area contributed by atoms with Crippen LogP contribution in [-0.4, -0.2) is 46.4 Å². The Balaban J connectivity index is 1.66. The number of nitrogens with one attached hydrogen (secondary N) is 1. The summed E-state index contributed by atoms with van der Waals surface area (Å²) < 4.78 is 0. The molecule has 0 heterocycles. The van der Waals surface area contributed by atoms with Crippen LogP contribution in [0.15, 0.2) is 84.0 Å². The van der Waals surface area contributed by atoms with Gasteiger partial charge in [-0.3, -0.25) is 14.4 Å². The van der Waals surface area contributed by atoms with Crippen LogP contribution in [0, 0.1) is 0 Å². The van der Waals surface area contributed by atoms with E-state index in [1.165, 1.54) is 6.07 Å². The van der Waals surface area contributed by atoms with Crippen LogP contribution in [0.2, 0.25) is 0 Å². The van der Waals surface area contributed by atoms with Crippen LogP contribution < -0.4 is 5.43 Å². The van der Waals surface area contributed by atoms with E-state index < -0.39 is 5.91 Å². The second kappa shape index (κ2) is 13.5. The summed E-state index contributed by atoms with van der Waals surface area (Å²) in [4.78, 5) is 42.1. The van der Waals surface area contributed by atoms with Crippen molar-refractivity contribution in [2.75, 3.05) is 13.1 Å². The summed E-state index contributed by atoms with van der Waals surface area (Å²) in [5, 5.41) is 18.0. The molecule has 0 aliphatic rings. The van der Waals surface area contributed by atoms with Crippen molar-refractivity contribution in [1.29, 1.82) is 0 Å². The topological polar surface area (TPSA) is 99.1 Å². The minimum absolute atomic E-state index is 0.0310. The van der Waals surface area contributed by atoms with E-state index in [2.05, 4.69) is 24.4 Å². The summed E-state index contributed by atoms with van der Waals surface area (Å²) in [6.07, 6.45) is 3.19. The maximum atomic E-state index is 13.7. The largest absolute Gasteiger partial charge is 0.507 e. The highest BCUT2D eigenvalue weighted by Crippen LogP contribution is 2.25. The molecule has 40 heavy (non-hydrogen) atoms. The Kier molecular flexibility index (Phi) is 9.62. The lowest BCUT2D eigenvalue weighted by atomic mass is 9.98. The molecule has 0 aromatic heterocycles. The average molecular weight is 538 g/mol. The second-order valence-corrected chi connectivity index (χ2v) is 9.84. The maximum absolute atomic E-state index is 13.7. The lowest BCUT2D eigenvalue weighted by molar-refractivity contribution is -0.124. The Hall–Kier alpha value is -4.52. The third-order valence-electron chi connectivity index (χ3n) is 6.92. The van der Waals surface area contributed by atoms with Crippen LogP contribution in [0.5, 0.6) is 5.75 Å². The number of hydrogen-bond acceptors (Lipinski definition) is 5. The number of unbranched alkanes of at least 4 members (excludes halogenated alkanes) is 2. The van der Waals surface area contributed by atoms with Gasteiger partial charge >= 0.3 is 0 Å². The van der Waals surface area contributed by atoms with Gasteiger partial charge in [0.05, 0.1) is 12.0 Å². The van der Waals surface area contributed by atoms with Crippen molar-refractivity contribution < 1.29 is 19.5 Å². The van der Waals surface area contributed by atoms with E-state index in [1.807, 2.05) is 60.7 Å². The van der Waals surface area contributed by atoms with Gasteiger partial charge in [0, 0.05) is 18.7 Å². The van der Waals surface area contributed by atoms with Crippen LogP contribution in [0.1, 0.15) is 66.7 Å². The van der Waals surface area contributed by atoms with Crippen LogP contribution in [-0.2, 0) is 4.79 Å². The summed E-state index contributed by atoms with van der Waals surface area (Å²) in [6.45, 7) is 5.18. The first-order valence-corrected chi connectivity index (χ1v) is 13.8. The smallest absolute Gasteiger partial charge is 0.275 e. The molecule has 0 aliphatic heterocycles. The lowest BCUT2D eigenvalue weighted by Crippen LogP contribution is -2.40. The van der Waals surface area contributed by atoms with Gasteiger partial charge in [0.15, 0.2) is 5.78 Å². The molecule has 206 valence electrons. The fourth-order valence-corrected chi connectivity index (χ4v) is 4.66. The Morgan fingerprint density at radius 1 is 0.775 bits per heavy atom. The third kappa shape index (κ3) is 6.72. The zero-order valence-electron chi connectivity index (χ0n) is 23.0. The van der Waals surface area contributed by atoms with Gasteiger partial charge < -0.3 is 10.0 Å². The molecule has 0 fully saturated rings. The molecule has 7 heteroatoms. The normalized spacial score (nSPS) is 11.5. The van der Waals surface area contributed by atoms with E-state index in [0.29, 0.717) is 18.7 Å². The molecule has 0 saturated carbocycles. The maximum Gasteiger partial charge on any atom is 0.275 e. The quantitative estimate of drug-likeness (QED) is 0.123. The first-order valence-electron chi connectivity index (χ1n) is 13.8. The number of hydrogen-bond donors (Lipinski definition) is 2. The third-order valence-corrected chi connectivity index (χ3v) is 6.92. The fourth-order valence-electron chi connectivity index (χ4n) is 4.66.